The van der Waals surface area contributed by atoms with Crippen molar-refractivity contribution in [2.75, 3.05) is 5.32 Å². The molecule has 2 aliphatic rings. The maximum Gasteiger partial charge on any atom is 0.0400 e. The molecule has 1 N–H and O–H groups in total. The monoisotopic (exact) mass is 263 g/mol. The Bertz CT molecular complexity index is 608. The van der Waals surface area contributed by atoms with Crippen molar-refractivity contribution in [2.45, 2.75) is 44.6 Å². The minimum absolute atomic E-state index is 0.855. The Morgan fingerprint density at radius 2 is 1.70 bits per heavy atom. The first kappa shape index (κ1) is 12.0. The number of benzene rings is 2. The van der Waals surface area contributed by atoms with Gasteiger partial charge >= 0.3 is 0 Å². The van der Waals surface area contributed by atoms with Crippen molar-refractivity contribution in [1.29, 1.82) is 0 Å². The molecule has 1 nitrogen and oxygen atoms in total. The zero-order chi connectivity index (χ0) is 13.4. The van der Waals surface area contributed by atoms with E-state index in [9.17, 15) is 0 Å². The van der Waals surface area contributed by atoms with Crippen LogP contribution in [-0.4, -0.2) is 0 Å². The molecule has 1 fully saturated rings. The Kier molecular flexibility index (Phi) is 2.99. The van der Waals surface area contributed by atoms with Crippen LogP contribution in [0.25, 0.3) is 0 Å². The maximum absolute atomic E-state index is 3.55. The van der Waals surface area contributed by atoms with Gasteiger partial charge < -0.3 is 5.32 Å². The van der Waals surface area contributed by atoms with Gasteiger partial charge in [0.15, 0.2) is 0 Å². The topological polar surface area (TPSA) is 12.0 Å². The lowest BCUT2D eigenvalue weighted by Crippen LogP contribution is -2.00. The summed E-state index contributed by atoms with van der Waals surface area (Å²) in [5, 5.41) is 3.55. The molecule has 0 atom stereocenters. The van der Waals surface area contributed by atoms with Crippen molar-refractivity contribution >= 4 is 5.69 Å². The highest BCUT2D eigenvalue weighted by Crippen LogP contribution is 2.39. The van der Waals surface area contributed by atoms with Crippen molar-refractivity contribution in [3.8, 4) is 0 Å². The lowest BCUT2D eigenvalue weighted by atomic mass is 10.1. The first-order valence-electron chi connectivity index (χ1n) is 7.83. The second kappa shape index (κ2) is 4.97. The molecule has 0 heterocycles. The van der Waals surface area contributed by atoms with E-state index in [-0.39, 0.29) is 0 Å². The number of hydrogen-bond acceptors (Lipinski definition) is 1. The average Bonchev–Trinajstić information content (AvgIpc) is 3.23. The van der Waals surface area contributed by atoms with E-state index in [1.807, 2.05) is 0 Å². The van der Waals surface area contributed by atoms with E-state index in [1.54, 1.807) is 11.1 Å². The number of hydrogen-bond donors (Lipinski definition) is 1. The molecule has 0 aromatic heterocycles. The van der Waals surface area contributed by atoms with Crippen LogP contribution in [0.2, 0.25) is 0 Å². The summed E-state index contributed by atoms with van der Waals surface area (Å²) in [6.45, 7) is 0.920. The third-order valence-electron chi connectivity index (χ3n) is 4.62. The van der Waals surface area contributed by atoms with Gasteiger partial charge in [0, 0.05) is 12.2 Å². The Morgan fingerprint density at radius 3 is 2.50 bits per heavy atom. The lowest BCUT2D eigenvalue weighted by Gasteiger charge is -2.09. The molecule has 2 aromatic rings. The zero-order valence-corrected chi connectivity index (χ0v) is 11.9. The van der Waals surface area contributed by atoms with Crippen LogP contribution in [0, 0.1) is 0 Å². The Morgan fingerprint density at radius 1 is 0.900 bits per heavy atom. The van der Waals surface area contributed by atoms with E-state index in [1.165, 1.54) is 48.9 Å². The molecule has 0 unspecified atom stereocenters. The van der Waals surface area contributed by atoms with Crippen LogP contribution in [0.3, 0.4) is 0 Å². The fourth-order valence-electron chi connectivity index (χ4n) is 3.21. The molecular weight excluding hydrogens is 242 g/mol. The molecular formula is C19H21N. The summed E-state index contributed by atoms with van der Waals surface area (Å²) in [7, 11) is 0. The van der Waals surface area contributed by atoms with E-state index < -0.39 is 0 Å². The van der Waals surface area contributed by atoms with Gasteiger partial charge in [0.2, 0.25) is 0 Å². The van der Waals surface area contributed by atoms with Crippen LogP contribution in [0.4, 0.5) is 5.69 Å². The highest BCUT2D eigenvalue weighted by Gasteiger charge is 2.22. The van der Waals surface area contributed by atoms with Crippen molar-refractivity contribution in [1.82, 2.24) is 0 Å². The van der Waals surface area contributed by atoms with Gasteiger partial charge in [0.1, 0.15) is 0 Å². The number of anilines is 1. The third-order valence-corrected chi connectivity index (χ3v) is 4.62. The second-order valence-electron chi connectivity index (χ2n) is 6.21. The summed E-state index contributed by atoms with van der Waals surface area (Å²) in [4.78, 5) is 0. The molecule has 1 heteroatoms. The van der Waals surface area contributed by atoms with Gasteiger partial charge in [0.25, 0.3) is 0 Å². The molecule has 2 aromatic carbocycles. The molecule has 4 rings (SSSR count). The number of fused-ring (bicyclic) bond motifs is 1. The molecule has 0 bridgehead atoms. The molecule has 102 valence electrons. The number of aryl methyl sites for hydroxylation is 2. The van der Waals surface area contributed by atoms with E-state index in [4.69, 9.17) is 0 Å². The van der Waals surface area contributed by atoms with Gasteiger partial charge in [-0.05, 0) is 72.4 Å². The van der Waals surface area contributed by atoms with E-state index in [2.05, 4.69) is 47.8 Å². The predicted octanol–water partition coefficient (Wildman–Crippen LogP) is 4.66. The molecule has 0 amide bonds. The summed E-state index contributed by atoms with van der Waals surface area (Å²) < 4.78 is 0. The minimum atomic E-state index is 0.855. The Labute approximate surface area is 121 Å². The SMILES string of the molecule is c1cc(C2CC2)ccc1CNc1ccc2c(c1)CCC2. The summed E-state index contributed by atoms with van der Waals surface area (Å²) in [6.07, 6.45) is 6.60. The summed E-state index contributed by atoms with van der Waals surface area (Å²) in [5.74, 6) is 0.855. The van der Waals surface area contributed by atoms with Crippen LogP contribution < -0.4 is 5.32 Å². The molecule has 20 heavy (non-hydrogen) atoms. The quantitative estimate of drug-likeness (QED) is 0.845. The smallest absolute Gasteiger partial charge is 0.0400 e. The molecule has 0 spiro atoms. The zero-order valence-electron chi connectivity index (χ0n) is 11.9. The average molecular weight is 263 g/mol. The van der Waals surface area contributed by atoms with Gasteiger partial charge in [-0.1, -0.05) is 30.3 Å². The van der Waals surface area contributed by atoms with Crippen molar-refractivity contribution < 1.29 is 0 Å². The predicted molar refractivity (Wildman–Crippen MR) is 84.2 cm³/mol. The lowest BCUT2D eigenvalue weighted by molar-refractivity contribution is 0.912. The summed E-state index contributed by atoms with van der Waals surface area (Å²) in [6, 6.07) is 16.0. The van der Waals surface area contributed by atoms with Crippen LogP contribution in [0.1, 0.15) is 47.4 Å². The van der Waals surface area contributed by atoms with Gasteiger partial charge in [-0.15, -0.1) is 0 Å². The number of nitrogens with one attached hydrogen (secondary N) is 1. The van der Waals surface area contributed by atoms with Gasteiger partial charge in [-0.3, -0.25) is 0 Å². The molecule has 1 saturated carbocycles. The Balaban J connectivity index is 1.41. The highest BCUT2D eigenvalue weighted by atomic mass is 14.9. The van der Waals surface area contributed by atoms with Crippen LogP contribution in [-0.2, 0) is 19.4 Å². The van der Waals surface area contributed by atoms with E-state index in [0.717, 1.165) is 12.5 Å². The standard InChI is InChI=1S/C19H21N/c1-2-15-10-11-19(12-18(15)3-1)20-13-14-4-6-16(7-5-14)17-8-9-17/h4-7,10-12,17,20H,1-3,8-9,13H2. The van der Waals surface area contributed by atoms with Crippen molar-refractivity contribution in [2.24, 2.45) is 0 Å². The maximum atomic E-state index is 3.55. The fourth-order valence-corrected chi connectivity index (χ4v) is 3.21. The van der Waals surface area contributed by atoms with E-state index >= 15 is 0 Å². The second-order valence-corrected chi connectivity index (χ2v) is 6.21. The van der Waals surface area contributed by atoms with Gasteiger partial charge in [-0.25, -0.2) is 0 Å². The molecule has 0 aliphatic heterocycles. The van der Waals surface area contributed by atoms with Crippen molar-refractivity contribution in [3.05, 3.63) is 64.7 Å². The summed E-state index contributed by atoms with van der Waals surface area (Å²) in [5.41, 5.74) is 7.24. The van der Waals surface area contributed by atoms with Crippen molar-refractivity contribution in [3.63, 3.8) is 0 Å². The third kappa shape index (κ3) is 2.45. The fraction of sp³-hybridized carbons (Fsp3) is 0.368. The molecule has 2 aliphatic carbocycles. The first-order valence-corrected chi connectivity index (χ1v) is 7.83. The highest BCUT2D eigenvalue weighted by molar-refractivity contribution is 5.50. The normalized spacial score (nSPS) is 17.0. The first-order chi connectivity index (χ1) is 9.88. The van der Waals surface area contributed by atoms with E-state index in [0.29, 0.717) is 0 Å². The molecule has 0 saturated heterocycles. The largest absolute Gasteiger partial charge is 0.381 e. The minimum Gasteiger partial charge on any atom is -0.381 e. The van der Waals surface area contributed by atoms with Crippen LogP contribution >= 0.6 is 0 Å². The number of rotatable bonds is 4. The Hall–Kier alpha value is -1.76. The van der Waals surface area contributed by atoms with Gasteiger partial charge in [-0.2, -0.15) is 0 Å². The van der Waals surface area contributed by atoms with Crippen LogP contribution in [0.15, 0.2) is 42.5 Å². The van der Waals surface area contributed by atoms with Gasteiger partial charge in [0.05, 0.1) is 0 Å². The van der Waals surface area contributed by atoms with Crippen LogP contribution in [0.5, 0.6) is 0 Å². The summed E-state index contributed by atoms with van der Waals surface area (Å²) >= 11 is 0. The molecule has 0 radical (unpaired) electrons.